The van der Waals surface area contributed by atoms with Crippen LogP contribution in [0.25, 0.3) is 0 Å². The summed E-state index contributed by atoms with van der Waals surface area (Å²) in [6, 6.07) is 0. The van der Waals surface area contributed by atoms with E-state index in [1.807, 2.05) is 0 Å². The van der Waals surface area contributed by atoms with Gasteiger partial charge in [-0.3, -0.25) is 0 Å². The molecule has 3 N–H and O–H groups in total. The molecule has 0 aromatic heterocycles. The van der Waals surface area contributed by atoms with Crippen molar-refractivity contribution in [1.29, 1.82) is 0 Å². The van der Waals surface area contributed by atoms with Crippen molar-refractivity contribution in [2.75, 3.05) is 6.54 Å². The summed E-state index contributed by atoms with van der Waals surface area (Å²) in [5, 5.41) is 11.4. The van der Waals surface area contributed by atoms with Crippen molar-refractivity contribution >= 4 is 5.97 Å². The Bertz CT molecular complexity index is 299. The molecule has 0 aromatic rings. The normalized spacial score (nSPS) is 52.1. The molecular weight excluding hydrogens is 190 g/mol. The largest absolute Gasteiger partial charge is 0.550 e. The van der Waals surface area contributed by atoms with Gasteiger partial charge in [-0.1, -0.05) is 0 Å². The van der Waals surface area contributed by atoms with Gasteiger partial charge in [-0.15, -0.1) is 0 Å². The van der Waals surface area contributed by atoms with Gasteiger partial charge in [-0.25, -0.2) is 0 Å². The van der Waals surface area contributed by atoms with Gasteiger partial charge in [0.15, 0.2) is 0 Å². The second kappa shape index (κ2) is 2.76. The number of quaternary nitrogens is 1. The monoisotopic (exact) mass is 209 g/mol. The van der Waals surface area contributed by atoms with E-state index in [1.165, 1.54) is 19.3 Å². The highest BCUT2D eigenvalue weighted by Gasteiger charge is 2.58. The lowest BCUT2D eigenvalue weighted by molar-refractivity contribution is -0.407. The number of hydrogen-bond acceptors (Lipinski definition) is 2. The molecule has 4 fully saturated rings. The fraction of sp³-hybridized carbons (Fsp3) is 0.917. The molecule has 3 nitrogen and oxygen atoms in total. The standard InChI is InChI=1S/C12H19NO2/c13-7-11-2-8-1-9(3-11)5-12(4-8,6-11)10(14)15/h8-9H,1-7,13H2,(H,14,15). The highest BCUT2D eigenvalue weighted by Crippen LogP contribution is 2.64. The fourth-order valence-corrected chi connectivity index (χ4v) is 4.98. The summed E-state index contributed by atoms with van der Waals surface area (Å²) in [6.07, 6.45) is 6.32. The van der Waals surface area contributed by atoms with E-state index in [-0.39, 0.29) is 5.41 Å². The van der Waals surface area contributed by atoms with Crippen molar-refractivity contribution in [3.8, 4) is 0 Å². The van der Waals surface area contributed by atoms with Crippen molar-refractivity contribution in [2.24, 2.45) is 22.7 Å². The third kappa shape index (κ3) is 1.19. The summed E-state index contributed by atoms with van der Waals surface area (Å²) >= 11 is 0. The SMILES string of the molecule is [NH3+]CC12CC3CC(C1)CC(C(=O)[O-])(C3)C2. The van der Waals surface area contributed by atoms with E-state index < -0.39 is 11.4 Å². The minimum absolute atomic E-state index is 0.254. The Labute approximate surface area is 90.0 Å². The maximum absolute atomic E-state index is 11.4. The summed E-state index contributed by atoms with van der Waals surface area (Å²) in [4.78, 5) is 11.4. The fourth-order valence-electron chi connectivity index (χ4n) is 4.98. The van der Waals surface area contributed by atoms with Gasteiger partial charge in [0.25, 0.3) is 0 Å². The summed E-state index contributed by atoms with van der Waals surface area (Å²) < 4.78 is 0. The smallest absolute Gasteiger partial charge is 0.0797 e. The Morgan fingerprint density at radius 1 is 1.27 bits per heavy atom. The van der Waals surface area contributed by atoms with Gasteiger partial charge in [0.05, 0.1) is 6.54 Å². The molecule has 4 saturated carbocycles. The van der Waals surface area contributed by atoms with Crippen LogP contribution >= 0.6 is 0 Å². The van der Waals surface area contributed by atoms with Crippen LogP contribution < -0.4 is 10.8 Å². The Balaban J connectivity index is 1.99. The Kier molecular flexibility index (Phi) is 1.77. The van der Waals surface area contributed by atoms with Crippen molar-refractivity contribution < 1.29 is 15.6 Å². The van der Waals surface area contributed by atoms with Crippen LogP contribution in [0.1, 0.15) is 38.5 Å². The van der Waals surface area contributed by atoms with E-state index in [2.05, 4.69) is 5.73 Å². The van der Waals surface area contributed by atoms with Crippen molar-refractivity contribution in [3.05, 3.63) is 0 Å². The van der Waals surface area contributed by atoms with E-state index in [4.69, 9.17) is 0 Å². The summed E-state index contributed by atoms with van der Waals surface area (Å²) in [6.45, 7) is 0.912. The average Bonchev–Trinajstić information content (AvgIpc) is 2.15. The molecule has 84 valence electrons. The number of hydrogen-bond donors (Lipinski definition) is 1. The van der Waals surface area contributed by atoms with Gasteiger partial charge in [0.1, 0.15) is 0 Å². The lowest BCUT2D eigenvalue weighted by Gasteiger charge is -2.61. The first-order chi connectivity index (χ1) is 7.07. The molecule has 0 amide bonds. The van der Waals surface area contributed by atoms with Crippen LogP contribution in [0.2, 0.25) is 0 Å². The number of aliphatic carboxylic acids is 1. The first-order valence-corrected chi connectivity index (χ1v) is 6.08. The molecule has 15 heavy (non-hydrogen) atoms. The van der Waals surface area contributed by atoms with Gasteiger partial charge in [0, 0.05) is 16.8 Å². The van der Waals surface area contributed by atoms with Gasteiger partial charge >= 0.3 is 0 Å². The molecule has 3 heteroatoms. The maximum Gasteiger partial charge on any atom is 0.0797 e. The first kappa shape index (κ1) is 9.64. The predicted molar refractivity (Wildman–Crippen MR) is 52.3 cm³/mol. The molecule has 2 atom stereocenters. The molecule has 4 bridgehead atoms. The molecule has 4 aliphatic rings. The number of rotatable bonds is 2. The third-order valence-corrected chi connectivity index (χ3v) is 5.15. The van der Waals surface area contributed by atoms with E-state index in [0.717, 1.165) is 25.8 Å². The van der Waals surface area contributed by atoms with E-state index in [0.29, 0.717) is 11.8 Å². The van der Waals surface area contributed by atoms with Crippen molar-refractivity contribution in [1.82, 2.24) is 0 Å². The predicted octanol–water partition coefficient (Wildman–Crippen LogP) is -0.435. The number of carboxylic acids is 1. The van der Waals surface area contributed by atoms with Crippen LogP contribution in [0, 0.1) is 22.7 Å². The minimum atomic E-state index is -0.783. The van der Waals surface area contributed by atoms with Crippen LogP contribution in [-0.4, -0.2) is 12.5 Å². The Hall–Kier alpha value is -0.570. The molecule has 0 aromatic carbocycles. The zero-order valence-corrected chi connectivity index (χ0v) is 9.13. The zero-order chi connectivity index (χ0) is 10.7. The molecule has 0 radical (unpaired) electrons. The minimum Gasteiger partial charge on any atom is -0.550 e. The Morgan fingerprint density at radius 3 is 2.33 bits per heavy atom. The van der Waals surface area contributed by atoms with Gasteiger partial charge < -0.3 is 15.6 Å². The number of carbonyl (C=O) groups excluding carboxylic acids is 1. The van der Waals surface area contributed by atoms with Crippen molar-refractivity contribution in [2.45, 2.75) is 38.5 Å². The highest BCUT2D eigenvalue weighted by atomic mass is 16.4. The zero-order valence-electron chi connectivity index (χ0n) is 9.13. The third-order valence-electron chi connectivity index (χ3n) is 5.15. The van der Waals surface area contributed by atoms with Crippen molar-refractivity contribution in [3.63, 3.8) is 0 Å². The lowest BCUT2D eigenvalue weighted by atomic mass is 9.44. The maximum atomic E-state index is 11.4. The number of carboxylic acid groups (broad SMARTS) is 1. The van der Waals surface area contributed by atoms with Gasteiger partial charge in [-0.2, -0.15) is 0 Å². The van der Waals surface area contributed by atoms with E-state index in [9.17, 15) is 9.90 Å². The molecule has 0 saturated heterocycles. The molecule has 0 aliphatic heterocycles. The second-order valence-electron chi connectivity index (χ2n) is 6.28. The van der Waals surface area contributed by atoms with Crippen LogP contribution in [0.5, 0.6) is 0 Å². The average molecular weight is 209 g/mol. The van der Waals surface area contributed by atoms with Crippen LogP contribution in [-0.2, 0) is 4.79 Å². The molecule has 0 spiro atoms. The second-order valence-corrected chi connectivity index (χ2v) is 6.28. The summed E-state index contributed by atoms with van der Waals surface area (Å²) in [7, 11) is 0. The summed E-state index contributed by atoms with van der Waals surface area (Å²) in [5.74, 6) is 0.506. The molecule has 0 heterocycles. The lowest BCUT2D eigenvalue weighted by Crippen LogP contribution is -2.66. The molecular formula is C12H19NO2. The highest BCUT2D eigenvalue weighted by molar-refractivity contribution is 5.73. The van der Waals surface area contributed by atoms with E-state index in [1.54, 1.807) is 0 Å². The molecule has 4 rings (SSSR count). The van der Waals surface area contributed by atoms with Crippen LogP contribution in [0.4, 0.5) is 0 Å². The van der Waals surface area contributed by atoms with Gasteiger partial charge in [0.2, 0.25) is 0 Å². The first-order valence-electron chi connectivity index (χ1n) is 6.08. The molecule has 4 aliphatic carbocycles. The van der Waals surface area contributed by atoms with Gasteiger partial charge in [-0.05, 0) is 50.4 Å². The van der Waals surface area contributed by atoms with Crippen LogP contribution in [0.15, 0.2) is 0 Å². The number of carbonyl (C=O) groups is 1. The van der Waals surface area contributed by atoms with Crippen LogP contribution in [0.3, 0.4) is 0 Å². The topological polar surface area (TPSA) is 67.8 Å². The molecule has 2 unspecified atom stereocenters. The Morgan fingerprint density at radius 2 is 1.87 bits per heavy atom. The summed E-state index contributed by atoms with van der Waals surface area (Å²) in [5.41, 5.74) is 3.84. The quantitative estimate of drug-likeness (QED) is 0.670. The van der Waals surface area contributed by atoms with E-state index >= 15 is 0 Å².